The molecular weight excluding hydrogens is 505 g/mol. The summed E-state index contributed by atoms with van der Waals surface area (Å²) >= 11 is 7.46. The molecular formula is C24H38N4O2S4. The Bertz CT molecular complexity index is 693. The molecule has 0 aromatic rings. The predicted octanol–water partition coefficient (Wildman–Crippen LogP) is 2.92. The second-order valence-electron chi connectivity index (χ2n) is 7.72. The minimum absolute atomic E-state index is 0.0659. The molecule has 2 amide bonds. The molecule has 0 bridgehead atoms. The van der Waals surface area contributed by atoms with Gasteiger partial charge in [0.15, 0.2) is 0 Å². The summed E-state index contributed by atoms with van der Waals surface area (Å²) in [5.74, 6) is 6.63. The van der Waals surface area contributed by atoms with E-state index in [1.807, 2.05) is 69.2 Å². The number of amides is 2. The van der Waals surface area contributed by atoms with Crippen molar-refractivity contribution in [2.24, 2.45) is 0 Å². The smallest absolute Gasteiger partial charge is 0.239 e. The average molecular weight is 543 g/mol. The van der Waals surface area contributed by atoms with Gasteiger partial charge in [0, 0.05) is 73.1 Å². The van der Waals surface area contributed by atoms with Gasteiger partial charge in [-0.05, 0) is 35.8 Å². The summed E-state index contributed by atoms with van der Waals surface area (Å²) in [7, 11) is 0. The van der Waals surface area contributed by atoms with Gasteiger partial charge in [0.2, 0.25) is 11.8 Å². The highest BCUT2D eigenvalue weighted by molar-refractivity contribution is 8.03. The van der Waals surface area contributed by atoms with Crippen LogP contribution in [-0.2, 0) is 9.59 Å². The van der Waals surface area contributed by atoms with E-state index in [9.17, 15) is 9.59 Å². The number of nitrogens with zero attached hydrogens (tertiary/aromatic N) is 2. The Balaban J connectivity index is 1.61. The van der Waals surface area contributed by atoms with Crippen LogP contribution in [0.25, 0.3) is 0 Å². The minimum atomic E-state index is 0.0659. The van der Waals surface area contributed by atoms with Gasteiger partial charge in [-0.1, -0.05) is 12.2 Å². The molecule has 0 unspecified atom stereocenters. The van der Waals surface area contributed by atoms with Crippen LogP contribution < -0.4 is 10.6 Å². The van der Waals surface area contributed by atoms with Crippen molar-refractivity contribution in [1.82, 2.24) is 20.4 Å². The molecule has 0 aliphatic carbocycles. The SMILES string of the molecule is CSCCSCCNC(=O)CN1C=CC(C2=CCN(CC(=O)NCCSCCSC)C=C2)=CC1. The molecule has 2 aliphatic rings. The molecule has 6 nitrogen and oxygen atoms in total. The van der Waals surface area contributed by atoms with Gasteiger partial charge in [0.25, 0.3) is 0 Å². The van der Waals surface area contributed by atoms with Crippen LogP contribution in [0.15, 0.2) is 47.9 Å². The van der Waals surface area contributed by atoms with Gasteiger partial charge in [-0.15, -0.1) is 0 Å². The Morgan fingerprint density at radius 3 is 1.53 bits per heavy atom. The molecule has 2 N–H and O–H groups in total. The van der Waals surface area contributed by atoms with Gasteiger partial charge in [0.05, 0.1) is 13.1 Å². The number of carbonyl (C=O) groups is 2. The number of carbonyl (C=O) groups excluding carboxylic acids is 2. The van der Waals surface area contributed by atoms with E-state index in [4.69, 9.17) is 0 Å². The Hall–Kier alpha value is -1.10. The lowest BCUT2D eigenvalue weighted by Crippen LogP contribution is -2.37. The van der Waals surface area contributed by atoms with E-state index in [1.165, 1.54) is 0 Å². The van der Waals surface area contributed by atoms with Crippen LogP contribution >= 0.6 is 47.0 Å². The van der Waals surface area contributed by atoms with Gasteiger partial charge >= 0.3 is 0 Å². The van der Waals surface area contributed by atoms with Gasteiger partial charge in [0.1, 0.15) is 0 Å². The molecule has 0 aromatic carbocycles. The maximum absolute atomic E-state index is 12.1. The van der Waals surface area contributed by atoms with Crippen molar-refractivity contribution in [3.05, 3.63) is 47.9 Å². The third-order valence-electron chi connectivity index (χ3n) is 5.05. The zero-order valence-electron chi connectivity index (χ0n) is 20.3. The van der Waals surface area contributed by atoms with Gasteiger partial charge in [-0.2, -0.15) is 47.0 Å². The Kier molecular flexibility index (Phi) is 15.6. The third kappa shape index (κ3) is 12.6. The monoisotopic (exact) mass is 542 g/mol. The highest BCUT2D eigenvalue weighted by Crippen LogP contribution is 2.20. The molecule has 190 valence electrons. The first-order valence-electron chi connectivity index (χ1n) is 11.5. The van der Waals surface area contributed by atoms with Crippen molar-refractivity contribution in [1.29, 1.82) is 0 Å². The Morgan fingerprint density at radius 1 is 0.735 bits per heavy atom. The van der Waals surface area contributed by atoms with E-state index < -0.39 is 0 Å². The van der Waals surface area contributed by atoms with Crippen molar-refractivity contribution in [2.45, 2.75) is 0 Å². The van der Waals surface area contributed by atoms with Gasteiger partial charge in [-0.3, -0.25) is 9.59 Å². The molecule has 34 heavy (non-hydrogen) atoms. The standard InChI is InChI=1S/C24H38N4O2S4/c1-31-15-17-33-13-7-25-23(29)19-27-9-3-21(4-10-27)22-5-11-28(12-6-22)20-24(30)26-8-14-34-18-16-32-2/h3-6,9,11H,7-8,10,12-20H2,1-2H3,(H,25,29)(H,26,30). The van der Waals surface area contributed by atoms with Gasteiger partial charge < -0.3 is 20.4 Å². The molecule has 2 aliphatic heterocycles. The third-order valence-corrected chi connectivity index (χ3v) is 8.76. The fraction of sp³-hybridized carbons (Fsp3) is 0.583. The molecule has 2 heterocycles. The van der Waals surface area contributed by atoms with Crippen molar-refractivity contribution < 1.29 is 9.59 Å². The summed E-state index contributed by atoms with van der Waals surface area (Å²) in [6.45, 7) is 3.63. The fourth-order valence-electron chi connectivity index (χ4n) is 3.22. The number of nitrogens with one attached hydrogen (secondary N) is 2. The lowest BCUT2D eigenvalue weighted by atomic mass is 10.0. The second-order valence-corrected chi connectivity index (χ2v) is 12.1. The molecule has 0 spiro atoms. The summed E-state index contributed by atoms with van der Waals surface area (Å²) in [6, 6.07) is 0. The molecule has 0 saturated carbocycles. The summed E-state index contributed by atoms with van der Waals surface area (Å²) in [4.78, 5) is 28.3. The minimum Gasteiger partial charge on any atom is -0.364 e. The lowest BCUT2D eigenvalue weighted by Gasteiger charge is -2.25. The van der Waals surface area contributed by atoms with E-state index in [1.54, 1.807) is 0 Å². The molecule has 10 heteroatoms. The number of allylic oxidation sites excluding steroid dienone is 4. The van der Waals surface area contributed by atoms with Crippen LogP contribution in [-0.4, -0.2) is 108 Å². The zero-order chi connectivity index (χ0) is 24.4. The maximum atomic E-state index is 12.1. The average Bonchev–Trinajstić information content (AvgIpc) is 2.84. The lowest BCUT2D eigenvalue weighted by molar-refractivity contribution is -0.122. The number of hydrogen-bond donors (Lipinski definition) is 2. The number of rotatable bonds is 17. The summed E-state index contributed by atoms with van der Waals surface area (Å²) in [5.41, 5.74) is 2.31. The summed E-state index contributed by atoms with van der Waals surface area (Å²) in [5, 5.41) is 6.00. The molecule has 0 radical (unpaired) electrons. The van der Waals surface area contributed by atoms with Crippen LogP contribution in [0.3, 0.4) is 0 Å². The summed E-state index contributed by atoms with van der Waals surface area (Å²) in [6.07, 6.45) is 16.6. The van der Waals surface area contributed by atoms with E-state index in [-0.39, 0.29) is 11.8 Å². The first-order valence-corrected chi connectivity index (χ1v) is 16.6. The first kappa shape index (κ1) is 29.1. The Morgan fingerprint density at radius 2 is 1.18 bits per heavy atom. The van der Waals surface area contributed by atoms with E-state index in [0.29, 0.717) is 26.2 Å². The van der Waals surface area contributed by atoms with Crippen LogP contribution in [0.2, 0.25) is 0 Å². The van der Waals surface area contributed by atoms with Crippen LogP contribution in [0.5, 0.6) is 0 Å². The molecule has 0 atom stereocenters. The van der Waals surface area contributed by atoms with E-state index in [2.05, 4.69) is 47.4 Å². The predicted molar refractivity (Wildman–Crippen MR) is 155 cm³/mol. The second kappa shape index (κ2) is 18.2. The molecule has 0 saturated heterocycles. The number of hydrogen-bond acceptors (Lipinski definition) is 8. The van der Waals surface area contributed by atoms with Crippen molar-refractivity contribution in [3.8, 4) is 0 Å². The topological polar surface area (TPSA) is 64.7 Å². The Labute approximate surface area is 222 Å². The first-order chi connectivity index (χ1) is 16.6. The zero-order valence-corrected chi connectivity index (χ0v) is 23.6. The van der Waals surface area contributed by atoms with Crippen LogP contribution in [0.4, 0.5) is 0 Å². The van der Waals surface area contributed by atoms with Crippen LogP contribution in [0, 0.1) is 0 Å². The maximum Gasteiger partial charge on any atom is 0.239 e. The number of thioether (sulfide) groups is 4. The quantitative estimate of drug-likeness (QED) is 0.272. The normalized spacial score (nSPS) is 15.2. The molecule has 2 rings (SSSR count). The highest BCUT2D eigenvalue weighted by Gasteiger charge is 2.14. The highest BCUT2D eigenvalue weighted by atomic mass is 32.2. The van der Waals surface area contributed by atoms with Crippen molar-refractivity contribution in [2.75, 3.05) is 86.3 Å². The molecule has 0 aromatic heterocycles. The largest absolute Gasteiger partial charge is 0.364 e. The van der Waals surface area contributed by atoms with Crippen molar-refractivity contribution in [3.63, 3.8) is 0 Å². The molecule has 0 fully saturated rings. The van der Waals surface area contributed by atoms with E-state index >= 15 is 0 Å². The fourth-order valence-corrected chi connectivity index (χ4v) is 6.39. The van der Waals surface area contributed by atoms with E-state index in [0.717, 1.165) is 58.8 Å². The van der Waals surface area contributed by atoms with Crippen molar-refractivity contribution >= 4 is 58.9 Å². The summed E-state index contributed by atoms with van der Waals surface area (Å²) < 4.78 is 0. The van der Waals surface area contributed by atoms with Gasteiger partial charge in [-0.25, -0.2) is 0 Å². The van der Waals surface area contributed by atoms with Crippen LogP contribution in [0.1, 0.15) is 0 Å².